The van der Waals surface area contributed by atoms with Crippen LogP contribution in [0.2, 0.25) is 0 Å². The van der Waals surface area contributed by atoms with Crippen molar-refractivity contribution in [1.82, 2.24) is 3.53 Å². The second-order valence-corrected chi connectivity index (χ2v) is 3.99. The number of halogens is 1. The topological polar surface area (TPSA) is 12.0 Å². The maximum absolute atomic E-state index is 3.37. The van der Waals surface area contributed by atoms with Crippen molar-refractivity contribution in [1.29, 1.82) is 0 Å². The SMILES string of the molecule is C[C@H]1C=INCC1. The van der Waals surface area contributed by atoms with Gasteiger partial charge in [0.25, 0.3) is 0 Å². The highest BCUT2D eigenvalue weighted by Crippen LogP contribution is 2.06. The molecule has 0 amide bonds. The predicted molar refractivity (Wildman–Crippen MR) is 41.9 cm³/mol. The molecule has 1 nitrogen and oxygen atoms in total. The summed E-state index contributed by atoms with van der Waals surface area (Å²) in [5.74, 6) is 0.897. The Morgan fingerprint density at radius 3 is 3.00 bits per heavy atom. The Kier molecular flexibility index (Phi) is 2.25. The molecule has 42 valence electrons. The van der Waals surface area contributed by atoms with Crippen molar-refractivity contribution in [3.63, 3.8) is 0 Å². The molecular weight excluding hydrogens is 201 g/mol. The third kappa shape index (κ3) is 1.86. The monoisotopic (exact) mass is 211 g/mol. The zero-order valence-corrected chi connectivity index (χ0v) is 6.60. The lowest BCUT2D eigenvalue weighted by Gasteiger charge is -2.08. The lowest BCUT2D eigenvalue weighted by Crippen LogP contribution is -2.12. The molecule has 0 bridgehead atoms. The molecule has 1 atom stereocenters. The summed E-state index contributed by atoms with van der Waals surface area (Å²) in [7, 11) is 0. The summed E-state index contributed by atoms with van der Waals surface area (Å²) < 4.78 is 5.80. The van der Waals surface area contributed by atoms with Gasteiger partial charge in [0.2, 0.25) is 0 Å². The number of nitrogens with one attached hydrogen (secondary N) is 1. The first-order valence-electron chi connectivity index (χ1n) is 2.58. The third-order valence-corrected chi connectivity index (χ3v) is 3.62. The molecule has 0 saturated carbocycles. The van der Waals surface area contributed by atoms with Gasteiger partial charge in [0.05, 0.1) is 0 Å². The van der Waals surface area contributed by atoms with Crippen LogP contribution in [0.1, 0.15) is 13.3 Å². The van der Waals surface area contributed by atoms with Gasteiger partial charge in [0.1, 0.15) is 0 Å². The maximum atomic E-state index is 3.37. The first-order chi connectivity index (χ1) is 3.39. The average Bonchev–Trinajstić information content (AvgIpc) is 1.69. The molecule has 2 heteroatoms. The number of hydrogen-bond donors (Lipinski definition) is 1. The van der Waals surface area contributed by atoms with E-state index in [1.807, 2.05) is 0 Å². The molecular formula is C5H10IN. The van der Waals surface area contributed by atoms with Crippen LogP contribution < -0.4 is 3.53 Å². The van der Waals surface area contributed by atoms with Gasteiger partial charge in [0.15, 0.2) is 0 Å². The summed E-state index contributed by atoms with van der Waals surface area (Å²) in [6.45, 7) is 3.55. The summed E-state index contributed by atoms with van der Waals surface area (Å²) in [6, 6.07) is 0. The van der Waals surface area contributed by atoms with E-state index in [0.29, 0.717) is 21.0 Å². The Balaban J connectivity index is 2.36. The summed E-state index contributed by atoms with van der Waals surface area (Å²) >= 11 is 0.299. The first kappa shape index (κ1) is 5.69. The second-order valence-electron chi connectivity index (χ2n) is 1.88. The Morgan fingerprint density at radius 1 is 1.86 bits per heavy atom. The Morgan fingerprint density at radius 2 is 2.71 bits per heavy atom. The summed E-state index contributed by atoms with van der Waals surface area (Å²) in [5.41, 5.74) is 0. The van der Waals surface area contributed by atoms with Crippen LogP contribution in [0.25, 0.3) is 0 Å². The van der Waals surface area contributed by atoms with Crippen LogP contribution in [-0.4, -0.2) is 10.6 Å². The molecule has 0 fully saturated rings. The van der Waals surface area contributed by atoms with E-state index in [0.717, 1.165) is 5.92 Å². The molecule has 7 heavy (non-hydrogen) atoms. The smallest absolute Gasteiger partial charge is 0.00517 e. The normalized spacial score (nSPS) is 31.9. The van der Waals surface area contributed by atoms with Gasteiger partial charge in [-0.1, -0.05) is 6.92 Å². The van der Waals surface area contributed by atoms with E-state index >= 15 is 0 Å². The quantitative estimate of drug-likeness (QED) is 0.470. The fourth-order valence-corrected chi connectivity index (χ4v) is 2.40. The fourth-order valence-electron chi connectivity index (χ4n) is 0.552. The Bertz CT molecular complexity index is 80.1. The van der Waals surface area contributed by atoms with Gasteiger partial charge in [0, 0.05) is 6.54 Å². The molecule has 0 spiro atoms. The zero-order chi connectivity index (χ0) is 5.11. The van der Waals surface area contributed by atoms with Crippen LogP contribution in [0, 0.1) is 5.92 Å². The van der Waals surface area contributed by atoms with Gasteiger partial charge in [-0.2, -0.15) is 0 Å². The third-order valence-electron chi connectivity index (χ3n) is 1.05. The molecule has 0 radical (unpaired) electrons. The first-order valence-corrected chi connectivity index (χ1v) is 4.90. The van der Waals surface area contributed by atoms with Gasteiger partial charge in [-0.25, -0.2) is 0 Å². The molecule has 0 aromatic heterocycles. The molecule has 1 N–H and O–H groups in total. The fraction of sp³-hybridized carbons (Fsp3) is 0.800. The number of hydrogen-bond acceptors (Lipinski definition) is 1. The molecule has 1 aliphatic heterocycles. The Hall–Kier alpha value is 0.560. The van der Waals surface area contributed by atoms with E-state index in [4.69, 9.17) is 0 Å². The summed E-state index contributed by atoms with van der Waals surface area (Å²) in [5, 5.41) is 0. The molecule has 0 unspecified atom stereocenters. The highest BCUT2D eigenvalue weighted by atomic mass is 127. The minimum atomic E-state index is 0.299. The lowest BCUT2D eigenvalue weighted by molar-refractivity contribution is 0.696. The standard InChI is InChI=1S/C5H10IN/c1-5-2-3-7-6-4-5/h4-5,7H,2-3H2,1H3/t5-/m1/s1. The summed E-state index contributed by atoms with van der Waals surface area (Å²) in [4.78, 5) is 0. The van der Waals surface area contributed by atoms with E-state index < -0.39 is 0 Å². The van der Waals surface area contributed by atoms with Crippen molar-refractivity contribution in [2.24, 2.45) is 5.92 Å². The molecule has 0 aliphatic carbocycles. The van der Waals surface area contributed by atoms with Crippen molar-refractivity contribution < 1.29 is 0 Å². The minimum absolute atomic E-state index is 0.299. The van der Waals surface area contributed by atoms with E-state index in [9.17, 15) is 0 Å². The predicted octanol–water partition coefficient (Wildman–Crippen LogP) is 1.30. The Labute approximate surface area is 54.6 Å². The van der Waals surface area contributed by atoms with Gasteiger partial charge >= 0.3 is 0 Å². The maximum Gasteiger partial charge on any atom is 0.00517 e. The van der Waals surface area contributed by atoms with Crippen molar-refractivity contribution in [3.05, 3.63) is 0 Å². The highest BCUT2D eigenvalue weighted by molar-refractivity contribution is 14.2. The molecule has 1 rings (SSSR count). The van der Waals surface area contributed by atoms with Crippen LogP contribution in [0.5, 0.6) is 0 Å². The van der Waals surface area contributed by atoms with Crippen LogP contribution in [0.3, 0.4) is 0 Å². The number of rotatable bonds is 0. The van der Waals surface area contributed by atoms with E-state index in [1.165, 1.54) is 13.0 Å². The minimum Gasteiger partial charge on any atom is -0.266 e. The van der Waals surface area contributed by atoms with Crippen molar-refractivity contribution in [3.8, 4) is 0 Å². The van der Waals surface area contributed by atoms with Crippen LogP contribution >= 0.6 is 21.0 Å². The van der Waals surface area contributed by atoms with Crippen LogP contribution in [0.15, 0.2) is 0 Å². The summed E-state index contributed by atoms with van der Waals surface area (Å²) in [6.07, 6.45) is 1.35. The van der Waals surface area contributed by atoms with E-state index in [2.05, 4.69) is 14.5 Å². The molecule has 0 aromatic rings. The second kappa shape index (κ2) is 2.77. The van der Waals surface area contributed by atoms with Crippen molar-refractivity contribution >= 4 is 25.0 Å². The lowest BCUT2D eigenvalue weighted by atomic mass is 10.1. The van der Waals surface area contributed by atoms with Crippen molar-refractivity contribution in [2.45, 2.75) is 13.3 Å². The van der Waals surface area contributed by atoms with Crippen LogP contribution in [-0.2, 0) is 0 Å². The molecule has 1 heterocycles. The van der Waals surface area contributed by atoms with Gasteiger partial charge in [-0.15, -0.1) is 0 Å². The van der Waals surface area contributed by atoms with Crippen molar-refractivity contribution in [2.75, 3.05) is 6.54 Å². The molecule has 0 aromatic carbocycles. The van der Waals surface area contributed by atoms with E-state index in [-0.39, 0.29) is 0 Å². The van der Waals surface area contributed by atoms with E-state index in [1.54, 1.807) is 0 Å². The van der Waals surface area contributed by atoms with Gasteiger partial charge in [-0.05, 0) is 37.4 Å². The van der Waals surface area contributed by atoms with Crippen LogP contribution in [0.4, 0.5) is 0 Å². The largest absolute Gasteiger partial charge is 0.266 e. The molecule has 1 aliphatic rings. The van der Waals surface area contributed by atoms with Gasteiger partial charge < -0.3 is 0 Å². The zero-order valence-electron chi connectivity index (χ0n) is 4.45. The average molecular weight is 211 g/mol. The van der Waals surface area contributed by atoms with Gasteiger partial charge in [-0.3, -0.25) is 3.53 Å². The highest BCUT2D eigenvalue weighted by Gasteiger charge is 1.98. The molecule has 0 saturated heterocycles.